The fourth-order valence-corrected chi connectivity index (χ4v) is 2.57. The summed E-state index contributed by atoms with van der Waals surface area (Å²) in [4.78, 5) is 30.1. The number of benzene rings is 2. The Morgan fingerprint density at radius 1 is 1.07 bits per heavy atom. The predicted octanol–water partition coefficient (Wildman–Crippen LogP) is 4.09. The van der Waals surface area contributed by atoms with Gasteiger partial charge in [0.1, 0.15) is 5.84 Å². The minimum atomic E-state index is -4.45. The molecule has 0 radical (unpaired) electrons. The molecule has 0 saturated carbocycles. The van der Waals surface area contributed by atoms with E-state index in [4.69, 9.17) is 10.2 Å². The lowest BCUT2D eigenvalue weighted by Gasteiger charge is -2.06. The average Bonchev–Trinajstić information content (AvgIpc) is 3.11. The highest BCUT2D eigenvalue weighted by Gasteiger charge is 2.30. The second-order valence-corrected chi connectivity index (χ2v) is 6.02. The Morgan fingerprint density at radius 2 is 1.66 bits per heavy atom. The Kier molecular flexibility index (Phi) is 5.31. The lowest BCUT2D eigenvalue weighted by molar-refractivity contribution is -0.137. The zero-order valence-electron chi connectivity index (χ0n) is 15.0. The molecule has 29 heavy (non-hydrogen) atoms. The van der Waals surface area contributed by atoms with Crippen molar-refractivity contribution in [3.63, 3.8) is 0 Å². The molecule has 3 aromatic rings. The molecule has 0 saturated heterocycles. The predicted molar refractivity (Wildman–Crippen MR) is 99.2 cm³/mol. The summed E-state index contributed by atoms with van der Waals surface area (Å²) in [6.45, 7) is 1.27. The molecular weight excluding hydrogens is 387 g/mol. The molecule has 2 N–H and O–H groups in total. The van der Waals surface area contributed by atoms with Crippen LogP contribution in [0.25, 0.3) is 22.8 Å². The maximum atomic E-state index is 12.7. The smallest absolute Gasteiger partial charge is 0.416 e. The van der Waals surface area contributed by atoms with Crippen LogP contribution in [0.15, 0.2) is 57.9 Å². The maximum Gasteiger partial charge on any atom is 0.416 e. The van der Waals surface area contributed by atoms with E-state index >= 15 is 0 Å². The number of carbonyl (C=O) groups is 2. The van der Waals surface area contributed by atoms with Crippen molar-refractivity contribution in [3.8, 4) is 22.8 Å². The van der Waals surface area contributed by atoms with Crippen LogP contribution in [0.3, 0.4) is 0 Å². The summed E-state index contributed by atoms with van der Waals surface area (Å²) in [5.74, 6) is -0.227. The largest absolute Gasteiger partial charge is 0.435 e. The summed E-state index contributed by atoms with van der Waals surface area (Å²) >= 11 is 0. The highest BCUT2D eigenvalue weighted by molar-refractivity contribution is 6.03. The molecule has 0 atom stereocenters. The molecule has 0 unspecified atom stereocenters. The van der Waals surface area contributed by atoms with Crippen molar-refractivity contribution in [2.45, 2.75) is 13.1 Å². The number of oxazole rings is 1. The van der Waals surface area contributed by atoms with E-state index in [1.165, 1.54) is 19.1 Å². The van der Waals surface area contributed by atoms with Gasteiger partial charge >= 0.3 is 6.18 Å². The number of amides is 1. The topological polar surface area (TPSA) is 98.6 Å². The SMILES string of the molecule is CC(=O)N=C(N)c1ccc(-c2oc(-c3ccc(C(F)(F)F)cc3)nc2C=O)cc1. The molecule has 6 nitrogen and oxygen atoms in total. The van der Waals surface area contributed by atoms with E-state index in [1.54, 1.807) is 24.3 Å². The quantitative estimate of drug-likeness (QED) is 0.403. The van der Waals surface area contributed by atoms with Gasteiger partial charge in [0.15, 0.2) is 17.7 Å². The van der Waals surface area contributed by atoms with Gasteiger partial charge < -0.3 is 10.2 Å². The van der Waals surface area contributed by atoms with Crippen LogP contribution in [0, 0.1) is 0 Å². The Hall–Kier alpha value is -3.75. The fourth-order valence-electron chi connectivity index (χ4n) is 2.57. The molecule has 1 heterocycles. The third kappa shape index (κ3) is 4.40. The van der Waals surface area contributed by atoms with E-state index in [0.717, 1.165) is 12.1 Å². The highest BCUT2D eigenvalue weighted by Crippen LogP contribution is 2.33. The lowest BCUT2D eigenvalue weighted by Crippen LogP contribution is -2.14. The number of carbonyl (C=O) groups excluding carboxylic acids is 2. The van der Waals surface area contributed by atoms with E-state index in [0.29, 0.717) is 23.0 Å². The summed E-state index contributed by atoms with van der Waals surface area (Å²) in [5.41, 5.74) is 6.21. The molecule has 9 heteroatoms. The first kappa shape index (κ1) is 20.0. The summed E-state index contributed by atoms with van der Waals surface area (Å²) in [6.07, 6.45) is -3.96. The van der Waals surface area contributed by atoms with E-state index < -0.39 is 17.6 Å². The molecule has 0 spiro atoms. The van der Waals surface area contributed by atoms with Gasteiger partial charge in [-0.15, -0.1) is 0 Å². The molecule has 0 aliphatic rings. The van der Waals surface area contributed by atoms with Crippen molar-refractivity contribution in [2.75, 3.05) is 0 Å². The second-order valence-electron chi connectivity index (χ2n) is 6.02. The molecule has 0 aliphatic heterocycles. The van der Waals surface area contributed by atoms with Gasteiger partial charge in [-0.25, -0.2) is 4.98 Å². The molecule has 2 aromatic carbocycles. The van der Waals surface area contributed by atoms with E-state index in [1.807, 2.05) is 0 Å². The third-order valence-corrected chi connectivity index (χ3v) is 3.94. The molecular formula is C20H14F3N3O3. The van der Waals surface area contributed by atoms with Gasteiger partial charge in [-0.3, -0.25) is 9.59 Å². The van der Waals surface area contributed by atoms with Crippen LogP contribution in [-0.4, -0.2) is 23.0 Å². The first-order chi connectivity index (χ1) is 13.7. The monoisotopic (exact) mass is 401 g/mol. The number of halogens is 3. The number of amidine groups is 1. The van der Waals surface area contributed by atoms with E-state index in [-0.39, 0.29) is 23.2 Å². The van der Waals surface area contributed by atoms with Crippen molar-refractivity contribution in [1.82, 2.24) is 4.98 Å². The molecule has 1 aromatic heterocycles. The van der Waals surface area contributed by atoms with E-state index in [2.05, 4.69) is 9.98 Å². The van der Waals surface area contributed by atoms with Crippen LogP contribution in [0.1, 0.15) is 28.5 Å². The van der Waals surface area contributed by atoms with Crippen LogP contribution < -0.4 is 5.73 Å². The summed E-state index contributed by atoms with van der Waals surface area (Å²) < 4.78 is 43.7. The van der Waals surface area contributed by atoms with Crippen LogP contribution in [-0.2, 0) is 11.0 Å². The number of aromatic nitrogens is 1. The highest BCUT2D eigenvalue weighted by atomic mass is 19.4. The zero-order chi connectivity index (χ0) is 21.2. The first-order valence-electron chi connectivity index (χ1n) is 8.28. The molecule has 3 rings (SSSR count). The molecule has 148 valence electrons. The van der Waals surface area contributed by atoms with Gasteiger partial charge in [0.25, 0.3) is 0 Å². The van der Waals surface area contributed by atoms with Crippen molar-refractivity contribution in [3.05, 3.63) is 65.4 Å². The van der Waals surface area contributed by atoms with Gasteiger partial charge in [0, 0.05) is 23.6 Å². The molecule has 0 bridgehead atoms. The van der Waals surface area contributed by atoms with Crippen LogP contribution in [0.2, 0.25) is 0 Å². The normalized spacial score (nSPS) is 12.1. The number of hydrogen-bond donors (Lipinski definition) is 1. The van der Waals surface area contributed by atoms with Crippen molar-refractivity contribution in [1.29, 1.82) is 0 Å². The zero-order valence-corrected chi connectivity index (χ0v) is 15.0. The summed E-state index contributed by atoms with van der Waals surface area (Å²) in [7, 11) is 0. The minimum absolute atomic E-state index is 0.00183. The first-order valence-corrected chi connectivity index (χ1v) is 8.28. The van der Waals surface area contributed by atoms with Gasteiger partial charge in [-0.2, -0.15) is 18.2 Å². The number of alkyl halides is 3. The Balaban J connectivity index is 1.95. The standard InChI is InChI=1S/C20H14F3N3O3/c1-11(28)25-18(24)13-4-2-12(3-5-13)17-16(10-27)26-19(29-17)14-6-8-15(9-7-14)20(21,22)23/h2-10H,1H3,(H2,24,25,28). The van der Waals surface area contributed by atoms with Gasteiger partial charge in [0.2, 0.25) is 11.8 Å². The van der Waals surface area contributed by atoms with Crippen LogP contribution in [0.4, 0.5) is 13.2 Å². The minimum Gasteiger partial charge on any atom is -0.435 e. The Labute approximate surface area is 162 Å². The maximum absolute atomic E-state index is 12.7. The Morgan fingerprint density at radius 3 is 2.17 bits per heavy atom. The Bertz CT molecular complexity index is 1080. The number of nitrogens with two attached hydrogens (primary N) is 1. The number of nitrogens with zero attached hydrogens (tertiary/aromatic N) is 2. The van der Waals surface area contributed by atoms with Gasteiger partial charge in [-0.1, -0.05) is 24.3 Å². The number of rotatable bonds is 4. The summed E-state index contributed by atoms with van der Waals surface area (Å²) in [6, 6.07) is 10.6. The van der Waals surface area contributed by atoms with E-state index in [9.17, 15) is 22.8 Å². The number of aliphatic imine (C=N–C) groups is 1. The molecule has 0 aliphatic carbocycles. The lowest BCUT2D eigenvalue weighted by atomic mass is 10.1. The van der Waals surface area contributed by atoms with Gasteiger partial charge in [-0.05, 0) is 24.3 Å². The third-order valence-electron chi connectivity index (χ3n) is 3.94. The molecule has 0 fully saturated rings. The van der Waals surface area contributed by atoms with Crippen LogP contribution >= 0.6 is 0 Å². The second kappa shape index (κ2) is 7.70. The fraction of sp³-hybridized carbons (Fsp3) is 0.100. The summed E-state index contributed by atoms with van der Waals surface area (Å²) in [5, 5.41) is 0. The van der Waals surface area contributed by atoms with Crippen molar-refractivity contribution >= 4 is 18.0 Å². The number of hydrogen-bond acceptors (Lipinski definition) is 4. The average molecular weight is 401 g/mol. The van der Waals surface area contributed by atoms with Gasteiger partial charge in [0.05, 0.1) is 5.56 Å². The van der Waals surface area contributed by atoms with Crippen molar-refractivity contribution in [2.24, 2.45) is 10.7 Å². The number of aldehydes is 1. The van der Waals surface area contributed by atoms with Crippen LogP contribution in [0.5, 0.6) is 0 Å². The van der Waals surface area contributed by atoms with Crippen molar-refractivity contribution < 1.29 is 27.2 Å². The molecule has 1 amide bonds.